The molecule has 3 nitrogen and oxygen atoms in total. The van der Waals surface area contributed by atoms with Crippen molar-refractivity contribution in [3.8, 4) is 0 Å². The number of fused-ring (bicyclic) bond motifs is 1. The molecule has 0 spiro atoms. The van der Waals surface area contributed by atoms with Crippen LogP contribution in [0.1, 0.15) is 38.2 Å². The lowest BCUT2D eigenvalue weighted by Crippen LogP contribution is -2.28. The van der Waals surface area contributed by atoms with Crippen LogP contribution in [0.2, 0.25) is 0 Å². The Labute approximate surface area is 127 Å². The zero-order valence-electron chi connectivity index (χ0n) is 12.9. The van der Waals surface area contributed by atoms with E-state index in [0.717, 1.165) is 26.1 Å². The number of rotatable bonds is 6. The van der Waals surface area contributed by atoms with E-state index in [0.29, 0.717) is 24.5 Å². The van der Waals surface area contributed by atoms with E-state index in [1.807, 2.05) is 13.0 Å². The van der Waals surface area contributed by atoms with E-state index in [1.54, 1.807) is 0 Å². The van der Waals surface area contributed by atoms with Crippen molar-refractivity contribution >= 4 is 0 Å². The van der Waals surface area contributed by atoms with Gasteiger partial charge in [0.1, 0.15) is 0 Å². The van der Waals surface area contributed by atoms with E-state index in [2.05, 4.69) is 24.3 Å². The van der Waals surface area contributed by atoms with Gasteiger partial charge in [-0.2, -0.15) is 0 Å². The molecule has 1 aliphatic heterocycles. The van der Waals surface area contributed by atoms with Crippen molar-refractivity contribution in [2.24, 2.45) is 11.8 Å². The molecule has 1 unspecified atom stereocenters. The fourth-order valence-electron chi connectivity index (χ4n) is 3.57. The van der Waals surface area contributed by atoms with E-state index in [9.17, 15) is 0 Å². The lowest BCUT2D eigenvalue weighted by Gasteiger charge is -2.30. The fourth-order valence-corrected chi connectivity index (χ4v) is 3.57. The summed E-state index contributed by atoms with van der Waals surface area (Å²) in [6, 6.07) is 10.4. The number of benzene rings is 1. The predicted octanol–water partition coefficient (Wildman–Crippen LogP) is 3.77. The molecule has 1 saturated heterocycles. The van der Waals surface area contributed by atoms with Crippen molar-refractivity contribution in [3.05, 3.63) is 35.9 Å². The summed E-state index contributed by atoms with van der Waals surface area (Å²) >= 11 is 0. The van der Waals surface area contributed by atoms with Gasteiger partial charge in [-0.15, -0.1) is 0 Å². The second kappa shape index (κ2) is 7.39. The predicted molar refractivity (Wildman–Crippen MR) is 81.8 cm³/mol. The number of hydrogen-bond donors (Lipinski definition) is 0. The van der Waals surface area contributed by atoms with Crippen LogP contribution < -0.4 is 0 Å². The molecule has 1 aromatic rings. The molecule has 0 bridgehead atoms. The van der Waals surface area contributed by atoms with E-state index >= 15 is 0 Å². The van der Waals surface area contributed by atoms with Crippen molar-refractivity contribution in [1.29, 1.82) is 0 Å². The summed E-state index contributed by atoms with van der Waals surface area (Å²) in [6.45, 7) is 4.34. The van der Waals surface area contributed by atoms with Gasteiger partial charge in [0, 0.05) is 19.6 Å². The molecular formula is C18H26O3. The SMILES string of the molecule is CCOC1C[C@H]2CC[C@@H](COCc3ccccc3)C[C@H]2O1. The maximum absolute atomic E-state index is 6.02. The highest BCUT2D eigenvalue weighted by atomic mass is 16.7. The molecule has 3 heteroatoms. The van der Waals surface area contributed by atoms with Crippen LogP contribution in [0.15, 0.2) is 30.3 Å². The fraction of sp³-hybridized carbons (Fsp3) is 0.667. The van der Waals surface area contributed by atoms with E-state index in [-0.39, 0.29) is 6.29 Å². The Bertz CT molecular complexity index is 420. The minimum absolute atomic E-state index is 0.0361. The highest BCUT2D eigenvalue weighted by molar-refractivity contribution is 5.13. The summed E-state index contributed by atoms with van der Waals surface area (Å²) < 4.78 is 17.5. The third-order valence-corrected chi connectivity index (χ3v) is 4.68. The molecular weight excluding hydrogens is 264 g/mol. The second-order valence-electron chi connectivity index (χ2n) is 6.24. The molecule has 4 atom stereocenters. The second-order valence-corrected chi connectivity index (χ2v) is 6.24. The van der Waals surface area contributed by atoms with Gasteiger partial charge in [-0.1, -0.05) is 30.3 Å². The Morgan fingerprint density at radius 1 is 1.14 bits per heavy atom. The molecule has 1 heterocycles. The molecule has 21 heavy (non-hydrogen) atoms. The van der Waals surface area contributed by atoms with Crippen LogP contribution in [0.3, 0.4) is 0 Å². The Morgan fingerprint density at radius 3 is 2.81 bits per heavy atom. The Hall–Kier alpha value is -0.900. The molecule has 116 valence electrons. The topological polar surface area (TPSA) is 27.7 Å². The van der Waals surface area contributed by atoms with Crippen molar-refractivity contribution in [2.75, 3.05) is 13.2 Å². The summed E-state index contributed by atoms with van der Waals surface area (Å²) in [5.41, 5.74) is 1.25. The lowest BCUT2D eigenvalue weighted by molar-refractivity contribution is -0.138. The molecule has 1 aliphatic carbocycles. The van der Waals surface area contributed by atoms with Crippen molar-refractivity contribution in [2.45, 2.75) is 51.6 Å². The van der Waals surface area contributed by atoms with Gasteiger partial charge in [0.05, 0.1) is 12.7 Å². The first-order valence-corrected chi connectivity index (χ1v) is 8.24. The van der Waals surface area contributed by atoms with Gasteiger partial charge in [0.25, 0.3) is 0 Å². The quantitative estimate of drug-likeness (QED) is 0.798. The van der Waals surface area contributed by atoms with E-state index in [1.165, 1.54) is 18.4 Å². The molecule has 0 amide bonds. The maximum atomic E-state index is 6.02. The third-order valence-electron chi connectivity index (χ3n) is 4.68. The summed E-state index contributed by atoms with van der Waals surface area (Å²) in [7, 11) is 0. The third kappa shape index (κ3) is 4.06. The van der Waals surface area contributed by atoms with Gasteiger partial charge in [0.2, 0.25) is 0 Å². The van der Waals surface area contributed by atoms with Crippen LogP contribution in [0, 0.1) is 11.8 Å². The zero-order valence-corrected chi connectivity index (χ0v) is 12.9. The molecule has 2 fully saturated rings. The van der Waals surface area contributed by atoms with Crippen LogP contribution in [0.5, 0.6) is 0 Å². The van der Waals surface area contributed by atoms with Gasteiger partial charge >= 0.3 is 0 Å². The molecule has 3 rings (SSSR count). The number of ether oxygens (including phenoxy) is 3. The van der Waals surface area contributed by atoms with Crippen molar-refractivity contribution < 1.29 is 14.2 Å². The van der Waals surface area contributed by atoms with Crippen LogP contribution in [-0.2, 0) is 20.8 Å². The minimum Gasteiger partial charge on any atom is -0.376 e. The van der Waals surface area contributed by atoms with Crippen molar-refractivity contribution in [1.82, 2.24) is 0 Å². The molecule has 0 aromatic heterocycles. The van der Waals surface area contributed by atoms with Gasteiger partial charge in [-0.05, 0) is 43.6 Å². The monoisotopic (exact) mass is 290 g/mol. The molecule has 2 aliphatic rings. The maximum Gasteiger partial charge on any atom is 0.158 e. The van der Waals surface area contributed by atoms with Gasteiger partial charge in [-0.25, -0.2) is 0 Å². The van der Waals surface area contributed by atoms with Crippen LogP contribution in [0.25, 0.3) is 0 Å². The first-order valence-electron chi connectivity index (χ1n) is 8.24. The largest absolute Gasteiger partial charge is 0.376 e. The molecule has 1 saturated carbocycles. The Kier molecular flexibility index (Phi) is 5.28. The Morgan fingerprint density at radius 2 is 2.00 bits per heavy atom. The number of hydrogen-bond acceptors (Lipinski definition) is 3. The van der Waals surface area contributed by atoms with E-state index < -0.39 is 0 Å². The first-order chi connectivity index (χ1) is 10.3. The highest BCUT2D eigenvalue weighted by Gasteiger charge is 2.39. The normalized spacial score (nSPS) is 32.0. The standard InChI is InChI=1S/C18H26O3/c1-2-20-18-11-16-9-8-15(10-17(16)21-18)13-19-12-14-6-4-3-5-7-14/h3-7,15-18H,2,8-13H2,1H3/t15-,16-,17-,18?/m1/s1. The average molecular weight is 290 g/mol. The lowest BCUT2D eigenvalue weighted by atomic mass is 9.80. The average Bonchev–Trinajstić information content (AvgIpc) is 2.90. The first kappa shape index (κ1) is 15.0. The smallest absolute Gasteiger partial charge is 0.158 e. The van der Waals surface area contributed by atoms with Crippen LogP contribution in [-0.4, -0.2) is 25.6 Å². The summed E-state index contributed by atoms with van der Waals surface area (Å²) in [5.74, 6) is 1.34. The summed E-state index contributed by atoms with van der Waals surface area (Å²) in [6.07, 6.45) is 5.15. The summed E-state index contributed by atoms with van der Waals surface area (Å²) in [5, 5.41) is 0. The Balaban J connectivity index is 1.40. The van der Waals surface area contributed by atoms with Crippen LogP contribution in [0.4, 0.5) is 0 Å². The molecule has 1 aromatic carbocycles. The van der Waals surface area contributed by atoms with Crippen molar-refractivity contribution in [3.63, 3.8) is 0 Å². The highest BCUT2D eigenvalue weighted by Crippen LogP contribution is 2.40. The summed E-state index contributed by atoms with van der Waals surface area (Å²) in [4.78, 5) is 0. The minimum atomic E-state index is 0.0361. The van der Waals surface area contributed by atoms with Gasteiger partial charge in [-0.3, -0.25) is 0 Å². The van der Waals surface area contributed by atoms with Crippen LogP contribution >= 0.6 is 0 Å². The van der Waals surface area contributed by atoms with Gasteiger partial charge in [0.15, 0.2) is 6.29 Å². The zero-order chi connectivity index (χ0) is 14.5. The molecule has 0 N–H and O–H groups in total. The van der Waals surface area contributed by atoms with Gasteiger partial charge < -0.3 is 14.2 Å². The van der Waals surface area contributed by atoms with E-state index in [4.69, 9.17) is 14.2 Å². The molecule has 0 radical (unpaired) electrons.